The van der Waals surface area contributed by atoms with E-state index in [0.717, 1.165) is 11.1 Å². The maximum absolute atomic E-state index is 11.4. The molecule has 0 saturated carbocycles. The molecule has 0 fully saturated rings. The van der Waals surface area contributed by atoms with Gasteiger partial charge in [-0.1, -0.05) is 24.6 Å². The number of ether oxygens (including phenoxy) is 1. The molecular weight excluding hydrogens is 238 g/mol. The number of hydrogen-bond donors (Lipinski definition) is 0. The molecule has 0 radical (unpaired) electrons. The Kier molecular flexibility index (Phi) is 4.99. The summed E-state index contributed by atoms with van der Waals surface area (Å²) in [6, 6.07) is 5.50. The first-order chi connectivity index (χ1) is 8.13. The highest BCUT2D eigenvalue weighted by Crippen LogP contribution is 2.24. The van der Waals surface area contributed by atoms with Crippen LogP contribution in [0, 0.1) is 11.3 Å². The second-order valence-corrected chi connectivity index (χ2v) is 3.91. The zero-order valence-corrected chi connectivity index (χ0v) is 10.7. The monoisotopic (exact) mass is 251 g/mol. The number of carbonyl (C=O) groups is 1. The summed E-state index contributed by atoms with van der Waals surface area (Å²) in [5.74, 6) is -0.284. The van der Waals surface area contributed by atoms with Gasteiger partial charge in [0, 0.05) is 0 Å². The first-order valence-electron chi connectivity index (χ1n) is 5.50. The van der Waals surface area contributed by atoms with Gasteiger partial charge in [0.1, 0.15) is 6.07 Å². The molecule has 17 heavy (non-hydrogen) atoms. The maximum atomic E-state index is 11.4. The van der Waals surface area contributed by atoms with E-state index in [9.17, 15) is 4.79 Å². The van der Waals surface area contributed by atoms with E-state index in [2.05, 4.69) is 6.07 Å². The smallest absolute Gasteiger partial charge is 0.310 e. The number of nitriles is 1. The van der Waals surface area contributed by atoms with Gasteiger partial charge in [0.15, 0.2) is 0 Å². The van der Waals surface area contributed by atoms with Crippen LogP contribution in [0.2, 0.25) is 5.02 Å². The van der Waals surface area contributed by atoms with Crippen molar-refractivity contribution in [3.8, 4) is 6.07 Å². The summed E-state index contributed by atoms with van der Waals surface area (Å²) in [6.45, 7) is 4.06. The van der Waals surface area contributed by atoms with Crippen molar-refractivity contribution in [1.29, 1.82) is 5.26 Å². The molecule has 0 aliphatic heterocycles. The van der Waals surface area contributed by atoms with Crippen LogP contribution < -0.4 is 0 Å². The van der Waals surface area contributed by atoms with E-state index in [1.807, 2.05) is 6.92 Å². The second-order valence-electron chi connectivity index (χ2n) is 3.51. The number of hydrogen-bond acceptors (Lipinski definition) is 3. The lowest BCUT2D eigenvalue weighted by Crippen LogP contribution is -2.10. The third-order valence-corrected chi connectivity index (χ3v) is 2.78. The molecule has 0 bridgehead atoms. The van der Waals surface area contributed by atoms with Gasteiger partial charge < -0.3 is 4.74 Å². The van der Waals surface area contributed by atoms with E-state index in [0.29, 0.717) is 23.6 Å². The lowest BCUT2D eigenvalue weighted by atomic mass is 9.97. The van der Waals surface area contributed by atoms with Crippen molar-refractivity contribution in [2.24, 2.45) is 0 Å². The van der Waals surface area contributed by atoms with Crippen LogP contribution in [-0.4, -0.2) is 12.6 Å². The summed E-state index contributed by atoms with van der Waals surface area (Å²) < 4.78 is 4.89. The number of esters is 1. The van der Waals surface area contributed by atoms with E-state index < -0.39 is 0 Å². The van der Waals surface area contributed by atoms with Gasteiger partial charge in [0.2, 0.25) is 0 Å². The fourth-order valence-corrected chi connectivity index (χ4v) is 1.94. The summed E-state index contributed by atoms with van der Waals surface area (Å²) in [5.41, 5.74) is 2.09. The predicted molar refractivity (Wildman–Crippen MR) is 65.9 cm³/mol. The Hall–Kier alpha value is -1.53. The molecular formula is C13H14ClNO2. The SMILES string of the molecule is CCOC(=O)Cc1ccc(Cl)c(C#N)c1CC. The van der Waals surface area contributed by atoms with Crippen LogP contribution in [0.4, 0.5) is 0 Å². The highest BCUT2D eigenvalue weighted by Gasteiger charge is 2.13. The molecule has 1 rings (SSSR count). The second kappa shape index (κ2) is 6.27. The minimum atomic E-state index is -0.284. The van der Waals surface area contributed by atoms with E-state index in [1.54, 1.807) is 19.1 Å². The molecule has 0 spiro atoms. The Morgan fingerprint density at radius 2 is 2.18 bits per heavy atom. The number of nitrogens with zero attached hydrogens (tertiary/aromatic N) is 1. The third kappa shape index (κ3) is 3.21. The van der Waals surface area contributed by atoms with Gasteiger partial charge in [-0.3, -0.25) is 4.79 Å². The van der Waals surface area contributed by atoms with E-state index in [-0.39, 0.29) is 12.4 Å². The van der Waals surface area contributed by atoms with Gasteiger partial charge in [0.25, 0.3) is 0 Å². The van der Waals surface area contributed by atoms with Crippen LogP contribution in [0.3, 0.4) is 0 Å². The first kappa shape index (κ1) is 13.5. The highest BCUT2D eigenvalue weighted by molar-refractivity contribution is 6.31. The fraction of sp³-hybridized carbons (Fsp3) is 0.385. The van der Waals surface area contributed by atoms with Crippen LogP contribution in [-0.2, 0) is 22.4 Å². The van der Waals surface area contributed by atoms with Crippen LogP contribution >= 0.6 is 11.6 Å². The molecule has 0 N–H and O–H groups in total. The molecule has 3 nitrogen and oxygen atoms in total. The molecule has 1 aromatic rings. The normalized spacial score (nSPS) is 9.76. The molecule has 90 valence electrons. The van der Waals surface area contributed by atoms with Crippen molar-refractivity contribution < 1.29 is 9.53 Å². The average Bonchev–Trinajstić information content (AvgIpc) is 2.31. The van der Waals surface area contributed by atoms with Crippen molar-refractivity contribution in [2.75, 3.05) is 6.61 Å². The Labute approximate surface area is 106 Å². The largest absolute Gasteiger partial charge is 0.466 e. The van der Waals surface area contributed by atoms with Crippen LogP contribution in [0.1, 0.15) is 30.5 Å². The molecule has 0 atom stereocenters. The summed E-state index contributed by atoms with van der Waals surface area (Å²) in [5, 5.41) is 9.47. The van der Waals surface area contributed by atoms with Gasteiger partial charge >= 0.3 is 5.97 Å². The van der Waals surface area contributed by atoms with Crippen LogP contribution in [0.15, 0.2) is 12.1 Å². The molecule has 0 saturated heterocycles. The minimum Gasteiger partial charge on any atom is -0.466 e. The van der Waals surface area contributed by atoms with Crippen molar-refractivity contribution in [3.63, 3.8) is 0 Å². The molecule has 0 aliphatic carbocycles. The van der Waals surface area contributed by atoms with Gasteiger partial charge in [-0.2, -0.15) is 5.26 Å². The topological polar surface area (TPSA) is 50.1 Å². The van der Waals surface area contributed by atoms with E-state index in [4.69, 9.17) is 21.6 Å². The van der Waals surface area contributed by atoms with E-state index >= 15 is 0 Å². The summed E-state index contributed by atoms with van der Waals surface area (Å²) in [6.07, 6.45) is 0.848. The maximum Gasteiger partial charge on any atom is 0.310 e. The molecule has 4 heteroatoms. The Bertz CT molecular complexity index is 463. The molecule has 0 heterocycles. The Morgan fingerprint density at radius 1 is 1.47 bits per heavy atom. The summed E-state index contributed by atoms with van der Waals surface area (Å²) >= 11 is 5.94. The zero-order valence-electron chi connectivity index (χ0n) is 9.92. The van der Waals surface area contributed by atoms with Crippen molar-refractivity contribution >= 4 is 17.6 Å². The molecule has 0 aliphatic rings. The predicted octanol–water partition coefficient (Wildman–Crippen LogP) is 2.88. The molecule has 0 aromatic heterocycles. The van der Waals surface area contributed by atoms with Gasteiger partial charge in [-0.15, -0.1) is 0 Å². The quantitative estimate of drug-likeness (QED) is 0.773. The molecule has 0 amide bonds. The van der Waals surface area contributed by atoms with E-state index in [1.165, 1.54) is 0 Å². The Balaban J connectivity index is 3.09. The lowest BCUT2D eigenvalue weighted by molar-refractivity contribution is -0.142. The van der Waals surface area contributed by atoms with Crippen molar-refractivity contribution in [2.45, 2.75) is 26.7 Å². The fourth-order valence-electron chi connectivity index (χ4n) is 1.72. The van der Waals surface area contributed by atoms with Crippen molar-refractivity contribution in [3.05, 3.63) is 33.8 Å². The third-order valence-electron chi connectivity index (χ3n) is 2.46. The molecule has 1 aromatic carbocycles. The van der Waals surface area contributed by atoms with Crippen LogP contribution in [0.25, 0.3) is 0 Å². The first-order valence-corrected chi connectivity index (χ1v) is 5.87. The standard InChI is InChI=1S/C13H14ClNO2/c1-3-10-9(7-13(16)17-4-2)5-6-12(14)11(10)8-15/h5-6H,3-4,7H2,1-2H3. The molecule has 0 unspecified atom stereocenters. The summed E-state index contributed by atoms with van der Waals surface area (Å²) in [4.78, 5) is 11.4. The highest BCUT2D eigenvalue weighted by atomic mass is 35.5. The zero-order chi connectivity index (χ0) is 12.8. The lowest BCUT2D eigenvalue weighted by Gasteiger charge is -2.10. The summed E-state index contributed by atoms with van der Waals surface area (Å²) in [7, 11) is 0. The van der Waals surface area contributed by atoms with Crippen molar-refractivity contribution in [1.82, 2.24) is 0 Å². The van der Waals surface area contributed by atoms with Gasteiger partial charge in [0.05, 0.1) is 23.6 Å². The number of carbonyl (C=O) groups excluding carboxylic acids is 1. The number of benzene rings is 1. The van der Waals surface area contributed by atoms with Gasteiger partial charge in [-0.05, 0) is 30.5 Å². The average molecular weight is 252 g/mol. The number of halogens is 1. The Morgan fingerprint density at radius 3 is 2.71 bits per heavy atom. The number of rotatable bonds is 4. The van der Waals surface area contributed by atoms with Crippen LogP contribution in [0.5, 0.6) is 0 Å². The minimum absolute atomic E-state index is 0.183. The van der Waals surface area contributed by atoms with Gasteiger partial charge in [-0.25, -0.2) is 0 Å².